The second-order valence-electron chi connectivity index (χ2n) is 3.48. The molecule has 0 bridgehead atoms. The van der Waals surface area contributed by atoms with Crippen LogP contribution in [-0.4, -0.2) is 20.1 Å². The van der Waals surface area contributed by atoms with Crippen molar-refractivity contribution in [2.45, 2.75) is 13.0 Å². The van der Waals surface area contributed by atoms with Crippen LogP contribution in [-0.2, 0) is 0 Å². The van der Waals surface area contributed by atoms with Gasteiger partial charge in [0.25, 0.3) is 0 Å². The Morgan fingerprint density at radius 1 is 1.18 bits per heavy atom. The Morgan fingerprint density at radius 2 is 1.82 bits per heavy atom. The molecule has 0 saturated heterocycles. The van der Waals surface area contributed by atoms with Gasteiger partial charge in [0, 0.05) is 12.1 Å². The highest BCUT2D eigenvalue weighted by atomic mass is 19.2. The van der Waals surface area contributed by atoms with E-state index in [0.29, 0.717) is 12.1 Å². The molecule has 1 atom stereocenters. The second-order valence-corrected chi connectivity index (χ2v) is 3.48. The van der Waals surface area contributed by atoms with Crippen molar-refractivity contribution in [1.29, 1.82) is 0 Å². The molecule has 0 aliphatic carbocycles. The summed E-state index contributed by atoms with van der Waals surface area (Å²) in [4.78, 5) is 0. The summed E-state index contributed by atoms with van der Waals surface area (Å²) in [5.74, 6) is -3.43. The zero-order valence-corrected chi connectivity index (χ0v) is 8.73. The minimum Gasteiger partial charge on any atom is -0.387 e. The maximum Gasteiger partial charge on any atom is 0.161 e. The Bertz CT molecular complexity index is 554. The fourth-order valence-electron chi connectivity index (χ4n) is 1.27. The van der Waals surface area contributed by atoms with E-state index in [2.05, 4.69) is 10.3 Å². The molecule has 1 aromatic carbocycles. The van der Waals surface area contributed by atoms with Crippen molar-refractivity contribution in [3.05, 3.63) is 41.5 Å². The first kappa shape index (κ1) is 11.6. The summed E-state index contributed by atoms with van der Waals surface area (Å²) in [6.07, 6.45) is 0.359. The lowest BCUT2D eigenvalue weighted by molar-refractivity contribution is 0.194. The molecule has 0 radical (unpaired) electrons. The van der Waals surface area contributed by atoms with Gasteiger partial charge in [0.05, 0.1) is 12.3 Å². The van der Waals surface area contributed by atoms with Gasteiger partial charge in [0.2, 0.25) is 0 Å². The zero-order chi connectivity index (χ0) is 12.6. The first-order valence-electron chi connectivity index (χ1n) is 4.74. The summed E-state index contributed by atoms with van der Waals surface area (Å²) < 4.78 is 40.0. The van der Waals surface area contributed by atoms with Crippen LogP contribution in [0.3, 0.4) is 0 Å². The molecule has 4 nitrogen and oxygen atoms in total. The third-order valence-corrected chi connectivity index (χ3v) is 2.18. The van der Waals surface area contributed by atoms with Gasteiger partial charge in [0.15, 0.2) is 17.5 Å². The van der Waals surface area contributed by atoms with Gasteiger partial charge in [-0.05, 0) is 6.92 Å². The Morgan fingerprint density at radius 3 is 2.41 bits per heavy atom. The highest BCUT2D eigenvalue weighted by Gasteiger charge is 2.14. The quantitative estimate of drug-likeness (QED) is 0.817. The van der Waals surface area contributed by atoms with Crippen molar-refractivity contribution in [2.24, 2.45) is 0 Å². The smallest absolute Gasteiger partial charge is 0.161 e. The summed E-state index contributed by atoms with van der Waals surface area (Å²) in [7, 11) is 0. The molecule has 2 rings (SSSR count). The Hall–Kier alpha value is -1.89. The first-order valence-corrected chi connectivity index (χ1v) is 4.74. The van der Waals surface area contributed by atoms with Gasteiger partial charge in [-0.1, -0.05) is 5.21 Å². The van der Waals surface area contributed by atoms with Crippen LogP contribution < -0.4 is 0 Å². The number of benzene rings is 1. The second kappa shape index (κ2) is 4.17. The van der Waals surface area contributed by atoms with Crippen LogP contribution in [0.5, 0.6) is 0 Å². The van der Waals surface area contributed by atoms with Crippen LogP contribution >= 0.6 is 0 Å². The molecule has 90 valence electrons. The highest BCUT2D eigenvalue weighted by molar-refractivity contribution is 5.33. The van der Waals surface area contributed by atoms with E-state index in [1.54, 1.807) is 0 Å². The topological polar surface area (TPSA) is 50.9 Å². The first-order chi connectivity index (χ1) is 7.99. The standard InChI is InChI=1S/C10H8F3N3O/c1-5(17)9-4-16(15-14-9)10-3-7(12)6(11)2-8(10)13/h2-5,17H,1H3. The van der Waals surface area contributed by atoms with E-state index in [-0.39, 0.29) is 11.4 Å². The zero-order valence-electron chi connectivity index (χ0n) is 8.73. The van der Waals surface area contributed by atoms with Crippen molar-refractivity contribution < 1.29 is 18.3 Å². The maximum absolute atomic E-state index is 13.4. The molecule has 0 aliphatic heterocycles. The van der Waals surface area contributed by atoms with Crippen molar-refractivity contribution in [3.63, 3.8) is 0 Å². The lowest BCUT2D eigenvalue weighted by Gasteiger charge is -2.02. The van der Waals surface area contributed by atoms with Crippen LogP contribution in [0.25, 0.3) is 5.69 Å². The summed E-state index contributed by atoms with van der Waals surface area (Å²) in [6, 6.07) is 1.10. The number of hydrogen-bond acceptors (Lipinski definition) is 3. The van der Waals surface area contributed by atoms with Crippen LogP contribution in [0, 0.1) is 17.5 Å². The van der Waals surface area contributed by atoms with Crippen molar-refractivity contribution in [1.82, 2.24) is 15.0 Å². The molecule has 1 unspecified atom stereocenters. The molecule has 1 heterocycles. The van der Waals surface area contributed by atoms with Crippen LogP contribution in [0.15, 0.2) is 18.3 Å². The SMILES string of the molecule is CC(O)c1cn(-c2cc(F)c(F)cc2F)nn1. The van der Waals surface area contributed by atoms with E-state index in [4.69, 9.17) is 0 Å². The molecule has 0 saturated carbocycles. The number of aliphatic hydroxyl groups is 1. The van der Waals surface area contributed by atoms with E-state index in [1.165, 1.54) is 13.1 Å². The third kappa shape index (κ3) is 2.14. The molecule has 2 aromatic rings. The molecular formula is C10H8F3N3O. The van der Waals surface area contributed by atoms with Crippen LogP contribution in [0.1, 0.15) is 18.7 Å². The lowest BCUT2D eigenvalue weighted by Crippen LogP contribution is -2.01. The van der Waals surface area contributed by atoms with E-state index >= 15 is 0 Å². The Kier molecular flexibility index (Phi) is 2.84. The fraction of sp³-hybridized carbons (Fsp3) is 0.200. The van der Waals surface area contributed by atoms with E-state index < -0.39 is 23.6 Å². The van der Waals surface area contributed by atoms with E-state index in [1.807, 2.05) is 0 Å². The molecule has 1 aromatic heterocycles. The number of rotatable bonds is 2. The maximum atomic E-state index is 13.4. The van der Waals surface area contributed by atoms with Crippen LogP contribution in [0.4, 0.5) is 13.2 Å². The average molecular weight is 243 g/mol. The molecule has 0 amide bonds. The Balaban J connectivity index is 2.49. The minimum atomic E-state index is -1.28. The number of nitrogens with zero attached hydrogens (tertiary/aromatic N) is 3. The van der Waals surface area contributed by atoms with Gasteiger partial charge in [-0.15, -0.1) is 5.10 Å². The van der Waals surface area contributed by atoms with Crippen molar-refractivity contribution in [2.75, 3.05) is 0 Å². The molecule has 0 fully saturated rings. The Labute approximate surface area is 94.3 Å². The number of halogens is 3. The number of aromatic nitrogens is 3. The van der Waals surface area contributed by atoms with Gasteiger partial charge in [-0.25, -0.2) is 17.9 Å². The molecule has 7 heteroatoms. The van der Waals surface area contributed by atoms with Gasteiger partial charge in [-0.2, -0.15) is 0 Å². The minimum absolute atomic E-state index is 0.203. The summed E-state index contributed by atoms with van der Waals surface area (Å²) in [6.45, 7) is 1.45. The molecule has 0 aliphatic rings. The van der Waals surface area contributed by atoms with E-state index in [9.17, 15) is 18.3 Å². The average Bonchev–Trinajstić information content (AvgIpc) is 2.72. The lowest BCUT2D eigenvalue weighted by atomic mass is 10.2. The monoisotopic (exact) mass is 243 g/mol. The van der Waals surface area contributed by atoms with E-state index in [0.717, 1.165) is 4.68 Å². The molecular weight excluding hydrogens is 235 g/mol. The molecule has 17 heavy (non-hydrogen) atoms. The predicted molar refractivity (Wildman–Crippen MR) is 51.9 cm³/mol. The third-order valence-electron chi connectivity index (χ3n) is 2.18. The number of aliphatic hydroxyl groups excluding tert-OH is 1. The molecule has 1 N–H and O–H groups in total. The predicted octanol–water partition coefficient (Wildman–Crippen LogP) is 1.74. The van der Waals surface area contributed by atoms with Crippen molar-refractivity contribution in [3.8, 4) is 5.69 Å². The number of hydrogen-bond donors (Lipinski definition) is 1. The van der Waals surface area contributed by atoms with Gasteiger partial charge < -0.3 is 5.11 Å². The summed E-state index contributed by atoms with van der Waals surface area (Å²) in [5.41, 5.74) is -0.0718. The summed E-state index contributed by atoms with van der Waals surface area (Å²) >= 11 is 0. The highest BCUT2D eigenvalue weighted by Crippen LogP contribution is 2.18. The normalized spacial score (nSPS) is 12.8. The summed E-state index contributed by atoms with van der Waals surface area (Å²) in [5, 5.41) is 16.3. The van der Waals surface area contributed by atoms with Gasteiger partial charge in [-0.3, -0.25) is 0 Å². The molecule has 0 spiro atoms. The van der Waals surface area contributed by atoms with Crippen molar-refractivity contribution >= 4 is 0 Å². The fourth-order valence-corrected chi connectivity index (χ4v) is 1.27. The largest absolute Gasteiger partial charge is 0.387 e. The van der Waals surface area contributed by atoms with Gasteiger partial charge in [0.1, 0.15) is 11.4 Å². The van der Waals surface area contributed by atoms with Gasteiger partial charge >= 0.3 is 0 Å². The van der Waals surface area contributed by atoms with Crippen LogP contribution in [0.2, 0.25) is 0 Å².